The van der Waals surface area contributed by atoms with Gasteiger partial charge in [0.15, 0.2) is 0 Å². The van der Waals surface area contributed by atoms with E-state index in [-0.39, 0.29) is 5.97 Å². The van der Waals surface area contributed by atoms with Gasteiger partial charge in [0.25, 0.3) is 0 Å². The van der Waals surface area contributed by atoms with Crippen LogP contribution in [0, 0.1) is 11.8 Å². The summed E-state index contributed by atoms with van der Waals surface area (Å²) in [7, 11) is 0. The van der Waals surface area contributed by atoms with E-state index in [4.69, 9.17) is 4.74 Å². The van der Waals surface area contributed by atoms with Crippen molar-refractivity contribution in [2.45, 2.75) is 78.1 Å². The number of benzene rings is 2. The van der Waals surface area contributed by atoms with Crippen molar-refractivity contribution in [2.24, 2.45) is 11.8 Å². The summed E-state index contributed by atoms with van der Waals surface area (Å²) in [5.41, 5.74) is 3.86. The van der Waals surface area contributed by atoms with E-state index in [9.17, 15) is 4.79 Å². The topological polar surface area (TPSA) is 26.3 Å². The lowest BCUT2D eigenvalue weighted by molar-refractivity contribution is -0.134. The van der Waals surface area contributed by atoms with Crippen LogP contribution in [0.1, 0.15) is 83.6 Å². The molecule has 3 rings (SSSR count). The van der Waals surface area contributed by atoms with Gasteiger partial charge in [-0.05, 0) is 85.1 Å². The average Bonchev–Trinajstić information content (AvgIpc) is 2.73. The lowest BCUT2D eigenvalue weighted by Crippen LogP contribution is -2.14. The SMILES string of the molecule is CCCCC(=O)Oc1ccc(-c2ccc(C3CCC(CC(C)C)CC3)cc2)cc1. The molecule has 2 aromatic rings. The molecule has 1 aliphatic carbocycles. The zero-order valence-electron chi connectivity index (χ0n) is 18.3. The van der Waals surface area contributed by atoms with E-state index in [0.717, 1.165) is 36.2 Å². The molecule has 2 aromatic carbocycles. The van der Waals surface area contributed by atoms with Gasteiger partial charge in [0.1, 0.15) is 5.75 Å². The predicted octanol–water partition coefficient (Wildman–Crippen LogP) is 7.77. The molecule has 0 heterocycles. The summed E-state index contributed by atoms with van der Waals surface area (Å²) < 4.78 is 5.40. The van der Waals surface area contributed by atoms with Gasteiger partial charge >= 0.3 is 5.97 Å². The van der Waals surface area contributed by atoms with Crippen molar-refractivity contribution < 1.29 is 9.53 Å². The molecule has 1 saturated carbocycles. The normalized spacial score (nSPS) is 19.3. The molecule has 0 saturated heterocycles. The molecular formula is C27H36O2. The standard InChI is InChI=1S/C27H36O2/c1-4-5-6-27(28)29-26-17-15-25(16-18-26)24-13-11-23(12-14-24)22-9-7-21(8-10-22)19-20(2)3/h11-18,20-22H,4-10,19H2,1-3H3. The minimum Gasteiger partial charge on any atom is -0.427 e. The third-order valence-electron chi connectivity index (χ3n) is 6.19. The summed E-state index contributed by atoms with van der Waals surface area (Å²) >= 11 is 0. The largest absolute Gasteiger partial charge is 0.427 e. The van der Waals surface area contributed by atoms with Crippen LogP contribution in [0.25, 0.3) is 11.1 Å². The highest BCUT2D eigenvalue weighted by atomic mass is 16.5. The smallest absolute Gasteiger partial charge is 0.311 e. The molecule has 0 aliphatic heterocycles. The molecule has 156 valence electrons. The lowest BCUT2D eigenvalue weighted by atomic mass is 9.76. The Kier molecular flexibility index (Phi) is 7.91. The first-order chi connectivity index (χ1) is 14.0. The molecular weight excluding hydrogens is 356 g/mol. The molecule has 2 heteroatoms. The monoisotopic (exact) mass is 392 g/mol. The van der Waals surface area contributed by atoms with Crippen LogP contribution in [0.5, 0.6) is 5.75 Å². The van der Waals surface area contributed by atoms with Crippen LogP contribution < -0.4 is 4.74 Å². The Morgan fingerprint density at radius 3 is 2.07 bits per heavy atom. The second-order valence-electron chi connectivity index (χ2n) is 9.07. The lowest BCUT2D eigenvalue weighted by Gasteiger charge is -2.29. The fourth-order valence-electron chi connectivity index (χ4n) is 4.56. The van der Waals surface area contributed by atoms with E-state index >= 15 is 0 Å². The number of unbranched alkanes of at least 4 members (excludes halogenated alkanes) is 1. The number of carbonyl (C=O) groups excluding carboxylic acids is 1. The molecule has 0 amide bonds. The first kappa shape index (κ1) is 21.6. The Bertz CT molecular complexity index is 750. The summed E-state index contributed by atoms with van der Waals surface area (Å²) in [6, 6.07) is 16.9. The summed E-state index contributed by atoms with van der Waals surface area (Å²) in [6.07, 6.45) is 9.16. The number of hydrogen-bond donors (Lipinski definition) is 0. The minimum absolute atomic E-state index is 0.146. The first-order valence-electron chi connectivity index (χ1n) is 11.5. The van der Waals surface area contributed by atoms with E-state index in [0.29, 0.717) is 12.2 Å². The fraction of sp³-hybridized carbons (Fsp3) is 0.519. The zero-order valence-corrected chi connectivity index (χ0v) is 18.3. The number of esters is 1. The Balaban J connectivity index is 1.55. The Hall–Kier alpha value is -2.09. The van der Waals surface area contributed by atoms with Crippen LogP contribution in [0.3, 0.4) is 0 Å². The second-order valence-corrected chi connectivity index (χ2v) is 9.07. The zero-order chi connectivity index (χ0) is 20.6. The maximum atomic E-state index is 11.8. The van der Waals surface area contributed by atoms with Crippen molar-refractivity contribution in [3.05, 3.63) is 54.1 Å². The molecule has 29 heavy (non-hydrogen) atoms. The van der Waals surface area contributed by atoms with Crippen molar-refractivity contribution in [1.29, 1.82) is 0 Å². The van der Waals surface area contributed by atoms with Crippen LogP contribution in [-0.4, -0.2) is 5.97 Å². The molecule has 0 bridgehead atoms. The van der Waals surface area contributed by atoms with Crippen LogP contribution in [-0.2, 0) is 4.79 Å². The summed E-state index contributed by atoms with van der Waals surface area (Å²) in [4.78, 5) is 11.8. The van der Waals surface area contributed by atoms with Gasteiger partial charge in [-0.15, -0.1) is 0 Å². The van der Waals surface area contributed by atoms with Crippen LogP contribution in [0.4, 0.5) is 0 Å². The fourth-order valence-corrected chi connectivity index (χ4v) is 4.56. The van der Waals surface area contributed by atoms with Gasteiger partial charge in [-0.2, -0.15) is 0 Å². The third kappa shape index (κ3) is 6.45. The molecule has 0 aromatic heterocycles. The van der Waals surface area contributed by atoms with Gasteiger partial charge in [-0.3, -0.25) is 4.79 Å². The van der Waals surface area contributed by atoms with Gasteiger partial charge in [0, 0.05) is 6.42 Å². The van der Waals surface area contributed by atoms with Gasteiger partial charge < -0.3 is 4.74 Å². The Labute approximate surface area is 176 Å². The van der Waals surface area contributed by atoms with Crippen molar-refractivity contribution in [1.82, 2.24) is 0 Å². The number of carbonyl (C=O) groups is 1. The number of hydrogen-bond acceptors (Lipinski definition) is 2. The highest BCUT2D eigenvalue weighted by Crippen LogP contribution is 2.38. The van der Waals surface area contributed by atoms with E-state index < -0.39 is 0 Å². The van der Waals surface area contributed by atoms with E-state index in [1.54, 1.807) is 0 Å². The first-order valence-corrected chi connectivity index (χ1v) is 11.5. The summed E-state index contributed by atoms with van der Waals surface area (Å²) in [5, 5.41) is 0. The second kappa shape index (κ2) is 10.6. The van der Waals surface area contributed by atoms with Crippen molar-refractivity contribution >= 4 is 5.97 Å². The number of rotatable bonds is 8. The van der Waals surface area contributed by atoms with Crippen LogP contribution >= 0.6 is 0 Å². The van der Waals surface area contributed by atoms with Crippen molar-refractivity contribution in [3.8, 4) is 16.9 Å². The molecule has 1 fully saturated rings. The average molecular weight is 393 g/mol. The third-order valence-corrected chi connectivity index (χ3v) is 6.19. The maximum absolute atomic E-state index is 11.8. The van der Waals surface area contributed by atoms with E-state index in [1.807, 2.05) is 24.3 Å². The van der Waals surface area contributed by atoms with Gasteiger partial charge in [-0.25, -0.2) is 0 Å². The van der Waals surface area contributed by atoms with Crippen LogP contribution in [0.15, 0.2) is 48.5 Å². The maximum Gasteiger partial charge on any atom is 0.311 e. The van der Waals surface area contributed by atoms with Gasteiger partial charge in [0.05, 0.1) is 0 Å². The molecule has 0 N–H and O–H groups in total. The number of ether oxygens (including phenoxy) is 1. The predicted molar refractivity (Wildman–Crippen MR) is 121 cm³/mol. The Morgan fingerprint density at radius 2 is 1.52 bits per heavy atom. The minimum atomic E-state index is -0.146. The highest BCUT2D eigenvalue weighted by Gasteiger charge is 2.22. The summed E-state index contributed by atoms with van der Waals surface area (Å²) in [6.45, 7) is 6.76. The molecule has 1 aliphatic rings. The molecule has 0 unspecified atom stereocenters. The van der Waals surface area contributed by atoms with E-state index in [2.05, 4.69) is 45.0 Å². The summed E-state index contributed by atoms with van der Waals surface area (Å²) in [5.74, 6) is 2.95. The quantitative estimate of drug-likeness (QED) is 0.339. The molecule has 0 atom stereocenters. The molecule has 0 spiro atoms. The van der Waals surface area contributed by atoms with Gasteiger partial charge in [-0.1, -0.05) is 63.6 Å². The molecule has 2 nitrogen and oxygen atoms in total. The van der Waals surface area contributed by atoms with E-state index in [1.165, 1.54) is 43.2 Å². The van der Waals surface area contributed by atoms with Gasteiger partial charge in [0.2, 0.25) is 0 Å². The Morgan fingerprint density at radius 1 is 0.931 bits per heavy atom. The van der Waals surface area contributed by atoms with Crippen molar-refractivity contribution in [2.75, 3.05) is 0 Å². The van der Waals surface area contributed by atoms with Crippen LogP contribution in [0.2, 0.25) is 0 Å². The molecule has 0 radical (unpaired) electrons. The van der Waals surface area contributed by atoms with Crippen molar-refractivity contribution in [3.63, 3.8) is 0 Å². The highest BCUT2D eigenvalue weighted by molar-refractivity contribution is 5.73.